The second-order valence-electron chi connectivity index (χ2n) is 4.39. The molecular formula is C11H20FNO. The zero-order chi connectivity index (χ0) is 10.8. The van der Waals surface area contributed by atoms with Crippen molar-refractivity contribution in [2.45, 2.75) is 45.4 Å². The fraction of sp³-hybridized carbons (Fsp3) is 0.818. The first kappa shape index (κ1) is 11.7. The van der Waals surface area contributed by atoms with E-state index in [0.717, 1.165) is 19.4 Å². The summed E-state index contributed by atoms with van der Waals surface area (Å²) < 4.78 is 18.1. The van der Waals surface area contributed by atoms with Crippen LogP contribution in [0.1, 0.15) is 33.6 Å². The molecule has 1 rings (SSSR count). The molecule has 0 aliphatic carbocycles. The van der Waals surface area contributed by atoms with Crippen LogP contribution in [0.4, 0.5) is 4.39 Å². The Balaban J connectivity index is 2.38. The second-order valence-corrected chi connectivity index (χ2v) is 4.39. The van der Waals surface area contributed by atoms with E-state index in [4.69, 9.17) is 4.74 Å². The van der Waals surface area contributed by atoms with E-state index in [2.05, 4.69) is 25.8 Å². The molecule has 1 atom stereocenters. The molecule has 0 radical (unpaired) electrons. The van der Waals surface area contributed by atoms with Gasteiger partial charge in [0.1, 0.15) is 5.72 Å². The monoisotopic (exact) mass is 201 g/mol. The molecule has 1 fully saturated rings. The Morgan fingerprint density at radius 3 is 2.71 bits per heavy atom. The zero-order valence-corrected chi connectivity index (χ0v) is 9.51. The van der Waals surface area contributed by atoms with Gasteiger partial charge in [-0.2, -0.15) is 0 Å². The van der Waals surface area contributed by atoms with Crippen LogP contribution in [0, 0.1) is 0 Å². The molecule has 3 heteroatoms. The predicted molar refractivity (Wildman–Crippen MR) is 55.7 cm³/mol. The van der Waals surface area contributed by atoms with Crippen molar-refractivity contribution in [3.8, 4) is 0 Å². The van der Waals surface area contributed by atoms with Crippen LogP contribution in [-0.2, 0) is 4.74 Å². The van der Waals surface area contributed by atoms with Crippen LogP contribution in [0.2, 0.25) is 0 Å². The number of nitrogens with zero attached hydrogens (tertiary/aromatic N) is 1. The summed E-state index contributed by atoms with van der Waals surface area (Å²) in [5, 5.41) is 0. The molecule has 14 heavy (non-hydrogen) atoms. The van der Waals surface area contributed by atoms with E-state index in [1.165, 1.54) is 6.92 Å². The van der Waals surface area contributed by atoms with Crippen molar-refractivity contribution in [1.29, 1.82) is 0 Å². The van der Waals surface area contributed by atoms with Gasteiger partial charge in [0.25, 0.3) is 0 Å². The van der Waals surface area contributed by atoms with Gasteiger partial charge in [-0.25, -0.2) is 4.39 Å². The maximum Gasteiger partial charge on any atom is 0.116 e. The lowest BCUT2D eigenvalue weighted by atomic mass is 10.1. The molecule has 1 saturated heterocycles. The van der Waals surface area contributed by atoms with Crippen molar-refractivity contribution < 1.29 is 9.13 Å². The second kappa shape index (κ2) is 4.41. The molecule has 1 aliphatic heterocycles. The van der Waals surface area contributed by atoms with Crippen LogP contribution in [0.25, 0.3) is 0 Å². The number of likely N-dealkylation sites (N-methyl/N-ethyl adjacent to an activating group) is 1. The van der Waals surface area contributed by atoms with Crippen molar-refractivity contribution >= 4 is 0 Å². The fourth-order valence-corrected chi connectivity index (χ4v) is 1.71. The van der Waals surface area contributed by atoms with Gasteiger partial charge in [-0.15, -0.1) is 0 Å². The highest BCUT2D eigenvalue weighted by Crippen LogP contribution is 2.27. The molecule has 1 aliphatic rings. The molecule has 0 N–H and O–H groups in total. The van der Waals surface area contributed by atoms with Crippen molar-refractivity contribution in [2.75, 3.05) is 13.7 Å². The molecule has 0 spiro atoms. The quantitative estimate of drug-likeness (QED) is 0.696. The number of hydrogen-bond acceptors (Lipinski definition) is 2. The van der Waals surface area contributed by atoms with Gasteiger partial charge in [0.05, 0.1) is 12.4 Å². The average Bonchev–Trinajstić information content (AvgIpc) is 2.31. The zero-order valence-electron chi connectivity index (χ0n) is 9.51. The van der Waals surface area contributed by atoms with E-state index in [-0.39, 0.29) is 11.6 Å². The molecule has 0 aromatic heterocycles. The molecule has 0 saturated carbocycles. The smallest absolute Gasteiger partial charge is 0.116 e. The number of allylic oxidation sites excluding steroid dienone is 2. The molecule has 0 bridgehead atoms. The maximum absolute atomic E-state index is 12.4. The van der Waals surface area contributed by atoms with Crippen LogP contribution >= 0.6 is 0 Å². The lowest BCUT2D eigenvalue weighted by molar-refractivity contribution is -0.0414. The van der Waals surface area contributed by atoms with E-state index >= 15 is 0 Å². The van der Waals surface area contributed by atoms with Gasteiger partial charge in [-0.05, 0) is 40.7 Å². The molecule has 0 unspecified atom stereocenters. The topological polar surface area (TPSA) is 12.5 Å². The minimum absolute atomic E-state index is 0.0918. The minimum Gasteiger partial charge on any atom is -0.359 e. The number of halogens is 1. The van der Waals surface area contributed by atoms with E-state index < -0.39 is 0 Å². The van der Waals surface area contributed by atoms with Gasteiger partial charge in [0, 0.05) is 6.04 Å². The van der Waals surface area contributed by atoms with Crippen LogP contribution in [-0.4, -0.2) is 30.3 Å². The van der Waals surface area contributed by atoms with Crippen LogP contribution in [0.3, 0.4) is 0 Å². The van der Waals surface area contributed by atoms with E-state index in [0.29, 0.717) is 6.04 Å². The van der Waals surface area contributed by atoms with Crippen molar-refractivity contribution in [2.24, 2.45) is 0 Å². The SMILES string of the molecule is CC(F)=CCC[C@H]1COC(C)(C)N1C. The summed E-state index contributed by atoms with van der Waals surface area (Å²) in [7, 11) is 2.06. The summed E-state index contributed by atoms with van der Waals surface area (Å²) in [6, 6.07) is 0.417. The van der Waals surface area contributed by atoms with Gasteiger partial charge in [0.2, 0.25) is 0 Å². The van der Waals surface area contributed by atoms with Crippen LogP contribution in [0.5, 0.6) is 0 Å². The lowest BCUT2D eigenvalue weighted by Crippen LogP contribution is -2.40. The molecule has 0 amide bonds. The molecule has 2 nitrogen and oxygen atoms in total. The van der Waals surface area contributed by atoms with Gasteiger partial charge in [-0.1, -0.05) is 6.08 Å². The van der Waals surface area contributed by atoms with Gasteiger partial charge >= 0.3 is 0 Å². The minimum atomic E-state index is -0.168. The third-order valence-electron chi connectivity index (χ3n) is 2.95. The first-order chi connectivity index (χ1) is 6.43. The van der Waals surface area contributed by atoms with Crippen molar-refractivity contribution in [1.82, 2.24) is 4.90 Å². The average molecular weight is 201 g/mol. The summed E-state index contributed by atoms with van der Waals surface area (Å²) in [5.74, 6) is -0.0918. The Kier molecular flexibility index (Phi) is 3.67. The van der Waals surface area contributed by atoms with Crippen LogP contribution < -0.4 is 0 Å². The molecule has 0 aromatic rings. The van der Waals surface area contributed by atoms with E-state index in [1.54, 1.807) is 6.08 Å². The third-order valence-corrected chi connectivity index (χ3v) is 2.95. The fourth-order valence-electron chi connectivity index (χ4n) is 1.71. The number of hydrogen-bond donors (Lipinski definition) is 0. The molecule has 82 valence electrons. The Morgan fingerprint density at radius 2 is 2.29 bits per heavy atom. The normalized spacial score (nSPS) is 28.4. The molecule has 0 aromatic carbocycles. The van der Waals surface area contributed by atoms with Crippen molar-refractivity contribution in [3.63, 3.8) is 0 Å². The summed E-state index contributed by atoms with van der Waals surface area (Å²) >= 11 is 0. The number of rotatable bonds is 3. The molecule has 1 heterocycles. The summed E-state index contributed by atoms with van der Waals surface area (Å²) in [5.41, 5.74) is -0.168. The summed E-state index contributed by atoms with van der Waals surface area (Å²) in [6.45, 7) is 6.36. The van der Waals surface area contributed by atoms with Gasteiger partial charge < -0.3 is 4.74 Å². The lowest BCUT2D eigenvalue weighted by Gasteiger charge is -2.29. The highest BCUT2D eigenvalue weighted by molar-refractivity contribution is 4.90. The molecular weight excluding hydrogens is 181 g/mol. The standard InChI is InChI=1S/C11H20FNO/c1-9(12)6-5-7-10-8-14-11(2,3)13(10)4/h6,10H,5,7-8H2,1-4H3/t10-/m0/s1. The van der Waals surface area contributed by atoms with Gasteiger partial charge in [0.15, 0.2) is 0 Å². The maximum atomic E-state index is 12.4. The largest absolute Gasteiger partial charge is 0.359 e. The summed E-state index contributed by atoms with van der Waals surface area (Å²) in [4.78, 5) is 2.22. The summed E-state index contributed by atoms with van der Waals surface area (Å²) in [6.07, 6.45) is 3.39. The first-order valence-electron chi connectivity index (χ1n) is 5.12. The van der Waals surface area contributed by atoms with Crippen LogP contribution in [0.15, 0.2) is 11.9 Å². The Morgan fingerprint density at radius 1 is 1.64 bits per heavy atom. The Bertz CT molecular complexity index is 221. The predicted octanol–water partition coefficient (Wildman–Crippen LogP) is 2.71. The highest BCUT2D eigenvalue weighted by atomic mass is 19.1. The van der Waals surface area contributed by atoms with E-state index in [9.17, 15) is 4.39 Å². The third kappa shape index (κ3) is 2.79. The number of ether oxygens (including phenoxy) is 1. The van der Waals surface area contributed by atoms with E-state index in [1.807, 2.05) is 0 Å². The van der Waals surface area contributed by atoms with Crippen molar-refractivity contribution in [3.05, 3.63) is 11.9 Å². The Labute approximate surface area is 85.7 Å². The first-order valence-corrected chi connectivity index (χ1v) is 5.12. The Hall–Kier alpha value is -0.410. The highest BCUT2D eigenvalue weighted by Gasteiger charge is 2.36. The van der Waals surface area contributed by atoms with Gasteiger partial charge in [-0.3, -0.25) is 4.90 Å².